The molecule has 0 aliphatic carbocycles. The number of hydrogen-bond acceptors (Lipinski definition) is 3. The summed E-state index contributed by atoms with van der Waals surface area (Å²) in [6, 6.07) is 6.44. The van der Waals surface area contributed by atoms with E-state index in [1.54, 1.807) is 31.3 Å². The Morgan fingerprint density at radius 3 is 2.25 bits per heavy atom. The molecule has 0 radical (unpaired) electrons. The molecule has 0 unspecified atom stereocenters. The average molecular weight is 276 g/mol. The highest BCUT2D eigenvalue weighted by molar-refractivity contribution is 6.39. The maximum atomic E-state index is 11.8. The Hall–Kier alpha value is -2.17. The van der Waals surface area contributed by atoms with Crippen LogP contribution in [-0.2, 0) is 9.59 Å². The lowest BCUT2D eigenvalue weighted by atomic mass is 10.1. The summed E-state index contributed by atoms with van der Waals surface area (Å²) in [5.41, 5.74) is 1.06. The van der Waals surface area contributed by atoms with Crippen molar-refractivity contribution >= 4 is 23.3 Å². The molecule has 0 fully saturated rings. The van der Waals surface area contributed by atoms with Crippen LogP contribution in [0.4, 0.5) is 5.69 Å². The Balaban J connectivity index is 2.61. The van der Waals surface area contributed by atoms with Gasteiger partial charge in [-0.05, 0) is 37.6 Å². The van der Waals surface area contributed by atoms with Gasteiger partial charge in [0, 0.05) is 24.8 Å². The van der Waals surface area contributed by atoms with Gasteiger partial charge in [0.1, 0.15) is 0 Å². The number of carbonyl (C=O) groups is 3. The lowest BCUT2D eigenvalue weighted by molar-refractivity contribution is -0.142. The molecule has 20 heavy (non-hydrogen) atoms. The normalized spacial score (nSPS) is 9.95. The standard InChI is InChI=1S/C15H20N2O3/c1-4-5-10-17(3)15(20)14(19)16-13-8-6-12(7-9-13)11(2)18/h6-9H,4-5,10H2,1-3H3,(H,16,19). The molecule has 1 aromatic carbocycles. The third-order valence-electron chi connectivity index (χ3n) is 2.94. The minimum atomic E-state index is -0.667. The molecule has 5 heteroatoms. The van der Waals surface area contributed by atoms with E-state index >= 15 is 0 Å². The van der Waals surface area contributed by atoms with Crippen LogP contribution in [0.2, 0.25) is 0 Å². The predicted octanol–water partition coefficient (Wildman–Crippen LogP) is 2.09. The van der Waals surface area contributed by atoms with Crippen LogP contribution in [0.15, 0.2) is 24.3 Å². The second-order valence-corrected chi connectivity index (χ2v) is 4.67. The Morgan fingerprint density at radius 2 is 1.75 bits per heavy atom. The number of unbranched alkanes of at least 4 members (excludes halogenated alkanes) is 1. The summed E-state index contributed by atoms with van der Waals surface area (Å²) in [6.07, 6.45) is 1.83. The van der Waals surface area contributed by atoms with Gasteiger partial charge in [-0.3, -0.25) is 14.4 Å². The Kier molecular flexibility index (Phi) is 5.90. The SMILES string of the molecule is CCCCN(C)C(=O)C(=O)Nc1ccc(C(C)=O)cc1. The van der Waals surface area contributed by atoms with Crippen molar-refractivity contribution < 1.29 is 14.4 Å². The first-order valence-electron chi connectivity index (χ1n) is 6.63. The number of carbonyl (C=O) groups excluding carboxylic acids is 3. The van der Waals surface area contributed by atoms with Crippen LogP contribution < -0.4 is 5.32 Å². The molecule has 108 valence electrons. The number of benzene rings is 1. The number of likely N-dealkylation sites (N-methyl/N-ethyl adjacent to an activating group) is 1. The predicted molar refractivity (Wildman–Crippen MR) is 77.6 cm³/mol. The molecule has 0 saturated heterocycles. The van der Waals surface area contributed by atoms with Crippen molar-refractivity contribution in [2.75, 3.05) is 18.9 Å². The second kappa shape index (κ2) is 7.43. The first-order valence-corrected chi connectivity index (χ1v) is 6.63. The van der Waals surface area contributed by atoms with Gasteiger partial charge in [-0.2, -0.15) is 0 Å². The summed E-state index contributed by atoms with van der Waals surface area (Å²) in [7, 11) is 1.61. The largest absolute Gasteiger partial charge is 0.338 e. The van der Waals surface area contributed by atoms with E-state index in [-0.39, 0.29) is 5.78 Å². The first kappa shape index (κ1) is 15.9. The average Bonchev–Trinajstić information content (AvgIpc) is 2.44. The molecule has 1 rings (SSSR count). The summed E-state index contributed by atoms with van der Waals surface area (Å²) in [6.45, 7) is 4.06. The maximum Gasteiger partial charge on any atom is 0.313 e. The Labute approximate surface area is 119 Å². The third-order valence-corrected chi connectivity index (χ3v) is 2.94. The van der Waals surface area contributed by atoms with E-state index in [9.17, 15) is 14.4 Å². The van der Waals surface area contributed by atoms with Crippen LogP contribution >= 0.6 is 0 Å². The quantitative estimate of drug-likeness (QED) is 0.661. The van der Waals surface area contributed by atoms with Gasteiger partial charge in [0.15, 0.2) is 5.78 Å². The van der Waals surface area contributed by atoms with Crippen molar-refractivity contribution in [2.45, 2.75) is 26.7 Å². The van der Waals surface area contributed by atoms with Gasteiger partial charge in [0.2, 0.25) is 0 Å². The highest BCUT2D eigenvalue weighted by Gasteiger charge is 2.18. The summed E-state index contributed by atoms with van der Waals surface area (Å²) >= 11 is 0. The monoisotopic (exact) mass is 276 g/mol. The molecule has 0 spiro atoms. The molecule has 0 aromatic heterocycles. The zero-order valence-corrected chi connectivity index (χ0v) is 12.1. The van der Waals surface area contributed by atoms with E-state index in [0.717, 1.165) is 12.8 Å². The van der Waals surface area contributed by atoms with Crippen LogP contribution in [0.5, 0.6) is 0 Å². The fraction of sp³-hybridized carbons (Fsp3) is 0.400. The lowest BCUT2D eigenvalue weighted by Gasteiger charge is -2.16. The van der Waals surface area contributed by atoms with Gasteiger partial charge in [0.05, 0.1) is 0 Å². The van der Waals surface area contributed by atoms with Gasteiger partial charge in [-0.15, -0.1) is 0 Å². The van der Waals surface area contributed by atoms with E-state index in [0.29, 0.717) is 17.8 Å². The number of nitrogens with one attached hydrogen (secondary N) is 1. The molecule has 0 bridgehead atoms. The van der Waals surface area contributed by atoms with Crippen LogP contribution in [0.3, 0.4) is 0 Å². The molecule has 0 saturated carbocycles. The second-order valence-electron chi connectivity index (χ2n) is 4.67. The minimum absolute atomic E-state index is 0.0433. The smallest absolute Gasteiger partial charge is 0.313 e. The van der Waals surface area contributed by atoms with Gasteiger partial charge in [0.25, 0.3) is 0 Å². The molecule has 5 nitrogen and oxygen atoms in total. The fourth-order valence-electron chi connectivity index (χ4n) is 1.64. The van der Waals surface area contributed by atoms with Crippen LogP contribution in [-0.4, -0.2) is 36.1 Å². The molecule has 2 amide bonds. The lowest BCUT2D eigenvalue weighted by Crippen LogP contribution is -2.37. The Morgan fingerprint density at radius 1 is 1.15 bits per heavy atom. The number of rotatable bonds is 5. The van der Waals surface area contributed by atoms with E-state index in [2.05, 4.69) is 5.32 Å². The zero-order valence-electron chi connectivity index (χ0n) is 12.1. The minimum Gasteiger partial charge on any atom is -0.338 e. The van der Waals surface area contributed by atoms with Crippen molar-refractivity contribution in [1.29, 1.82) is 0 Å². The number of Topliss-reactive ketones (excluding diaryl/α,β-unsaturated/α-hetero) is 1. The number of nitrogens with zero attached hydrogens (tertiary/aromatic N) is 1. The van der Waals surface area contributed by atoms with Crippen molar-refractivity contribution in [2.24, 2.45) is 0 Å². The fourth-order valence-corrected chi connectivity index (χ4v) is 1.64. The third kappa shape index (κ3) is 4.50. The van der Waals surface area contributed by atoms with Gasteiger partial charge in [-0.25, -0.2) is 0 Å². The summed E-state index contributed by atoms with van der Waals surface area (Å²) in [4.78, 5) is 36.1. The van der Waals surface area contributed by atoms with E-state index in [1.807, 2.05) is 6.92 Å². The highest BCUT2D eigenvalue weighted by Crippen LogP contribution is 2.10. The molecule has 1 N–H and O–H groups in total. The molecule has 0 aliphatic rings. The van der Waals surface area contributed by atoms with E-state index in [4.69, 9.17) is 0 Å². The first-order chi connectivity index (χ1) is 9.45. The highest BCUT2D eigenvalue weighted by atomic mass is 16.2. The van der Waals surface area contributed by atoms with Crippen molar-refractivity contribution in [3.8, 4) is 0 Å². The van der Waals surface area contributed by atoms with Crippen LogP contribution in [0, 0.1) is 0 Å². The van der Waals surface area contributed by atoms with Crippen molar-refractivity contribution in [3.63, 3.8) is 0 Å². The van der Waals surface area contributed by atoms with Crippen LogP contribution in [0.1, 0.15) is 37.0 Å². The van der Waals surface area contributed by atoms with E-state index < -0.39 is 11.8 Å². The van der Waals surface area contributed by atoms with Crippen molar-refractivity contribution in [3.05, 3.63) is 29.8 Å². The van der Waals surface area contributed by atoms with Gasteiger partial charge < -0.3 is 10.2 Å². The summed E-state index contributed by atoms with van der Waals surface area (Å²) in [5, 5.41) is 2.52. The number of hydrogen-bond donors (Lipinski definition) is 1. The number of amides is 2. The zero-order chi connectivity index (χ0) is 15.1. The molecule has 0 aliphatic heterocycles. The summed E-state index contributed by atoms with van der Waals surface area (Å²) < 4.78 is 0. The van der Waals surface area contributed by atoms with E-state index in [1.165, 1.54) is 11.8 Å². The molecule has 0 heterocycles. The van der Waals surface area contributed by atoms with Crippen molar-refractivity contribution in [1.82, 2.24) is 4.90 Å². The molecular formula is C15H20N2O3. The number of anilines is 1. The molecule has 0 atom stereocenters. The summed E-state index contributed by atoms with van der Waals surface area (Å²) in [5.74, 6) is -1.27. The van der Waals surface area contributed by atoms with Gasteiger partial charge in [-0.1, -0.05) is 13.3 Å². The Bertz CT molecular complexity index is 494. The molecule has 1 aromatic rings. The topological polar surface area (TPSA) is 66.5 Å². The van der Waals surface area contributed by atoms with Crippen LogP contribution in [0.25, 0.3) is 0 Å². The number of ketones is 1. The molecular weight excluding hydrogens is 256 g/mol. The van der Waals surface area contributed by atoms with Gasteiger partial charge >= 0.3 is 11.8 Å². The maximum absolute atomic E-state index is 11.8.